The van der Waals surface area contributed by atoms with Gasteiger partial charge in [-0.05, 0) is 37.7 Å². The van der Waals surface area contributed by atoms with Crippen LogP contribution < -0.4 is 4.72 Å². The van der Waals surface area contributed by atoms with Crippen molar-refractivity contribution in [1.82, 2.24) is 9.29 Å². The van der Waals surface area contributed by atoms with E-state index < -0.39 is 21.5 Å². The first-order chi connectivity index (χ1) is 9.79. The van der Waals surface area contributed by atoms with Crippen LogP contribution in [-0.2, 0) is 21.9 Å². The first-order valence-corrected chi connectivity index (χ1v) is 8.67. The Morgan fingerprint density at radius 3 is 2.52 bits per heavy atom. The van der Waals surface area contributed by atoms with E-state index in [1.165, 1.54) is 12.3 Å². The molecule has 1 aromatic heterocycles. The molecular formula is C14H22N2O4S. The van der Waals surface area contributed by atoms with Gasteiger partial charge in [0.1, 0.15) is 5.54 Å². The molecule has 0 atom stereocenters. The summed E-state index contributed by atoms with van der Waals surface area (Å²) in [6.45, 7) is 2.08. The van der Waals surface area contributed by atoms with Crippen molar-refractivity contribution in [3.05, 3.63) is 18.5 Å². The van der Waals surface area contributed by atoms with Crippen LogP contribution >= 0.6 is 0 Å². The fourth-order valence-electron chi connectivity index (χ4n) is 2.89. The number of hydrogen-bond donors (Lipinski definition) is 2. The Kier molecular flexibility index (Phi) is 4.43. The van der Waals surface area contributed by atoms with Gasteiger partial charge in [-0.15, -0.1) is 0 Å². The van der Waals surface area contributed by atoms with E-state index in [1.54, 1.807) is 17.8 Å². The van der Waals surface area contributed by atoms with Crippen LogP contribution in [0.4, 0.5) is 0 Å². The molecule has 2 rings (SSSR count). The van der Waals surface area contributed by atoms with Crippen molar-refractivity contribution in [1.29, 1.82) is 0 Å². The van der Waals surface area contributed by atoms with Crippen molar-refractivity contribution in [2.24, 2.45) is 13.0 Å². The normalized spacial score (nSPS) is 26.7. The Morgan fingerprint density at radius 1 is 1.48 bits per heavy atom. The summed E-state index contributed by atoms with van der Waals surface area (Å²) in [7, 11) is -2.10. The van der Waals surface area contributed by atoms with Crippen molar-refractivity contribution in [3.8, 4) is 0 Å². The standard InChI is InChI=1S/C14H22N2O4S/c1-3-11-4-7-14(8-5-11,13(17)18)15-21(19,20)12-6-9-16(2)10-12/h6,9-11,15H,3-5,7-8H2,1-2H3,(H,17,18). The third kappa shape index (κ3) is 3.29. The fourth-order valence-corrected chi connectivity index (χ4v) is 4.36. The monoisotopic (exact) mass is 314 g/mol. The first-order valence-electron chi connectivity index (χ1n) is 7.18. The van der Waals surface area contributed by atoms with E-state index in [1.807, 2.05) is 0 Å². The maximum absolute atomic E-state index is 12.4. The van der Waals surface area contributed by atoms with Gasteiger partial charge in [-0.2, -0.15) is 4.72 Å². The molecule has 0 bridgehead atoms. The second kappa shape index (κ2) is 5.81. The van der Waals surface area contributed by atoms with Crippen LogP contribution in [0.1, 0.15) is 39.0 Å². The summed E-state index contributed by atoms with van der Waals surface area (Å²) in [6.07, 6.45) is 6.24. The zero-order valence-corrected chi connectivity index (χ0v) is 13.2. The number of aliphatic carboxylic acids is 1. The molecule has 21 heavy (non-hydrogen) atoms. The molecule has 1 aliphatic carbocycles. The zero-order valence-electron chi connectivity index (χ0n) is 12.4. The van der Waals surface area contributed by atoms with E-state index in [9.17, 15) is 18.3 Å². The number of carbonyl (C=O) groups is 1. The number of aromatic nitrogens is 1. The maximum Gasteiger partial charge on any atom is 0.324 e. The summed E-state index contributed by atoms with van der Waals surface area (Å²) in [5.41, 5.74) is -1.37. The van der Waals surface area contributed by atoms with Crippen molar-refractivity contribution >= 4 is 16.0 Å². The summed E-state index contributed by atoms with van der Waals surface area (Å²) < 4.78 is 28.8. The molecule has 7 heteroatoms. The third-order valence-electron chi connectivity index (χ3n) is 4.39. The second-order valence-electron chi connectivity index (χ2n) is 5.86. The number of aryl methyl sites for hydroxylation is 1. The maximum atomic E-state index is 12.4. The summed E-state index contributed by atoms with van der Waals surface area (Å²) in [5.74, 6) is -0.602. The highest BCUT2D eigenvalue weighted by molar-refractivity contribution is 7.89. The SMILES string of the molecule is CCC1CCC(NS(=O)(=O)c2ccn(C)c2)(C(=O)O)CC1. The van der Waals surface area contributed by atoms with Gasteiger partial charge in [0.15, 0.2) is 0 Å². The minimum Gasteiger partial charge on any atom is -0.480 e. The Labute approximate surface area is 125 Å². The number of nitrogens with one attached hydrogen (secondary N) is 1. The lowest BCUT2D eigenvalue weighted by Crippen LogP contribution is -2.56. The fraction of sp³-hybridized carbons (Fsp3) is 0.643. The number of sulfonamides is 1. The van der Waals surface area contributed by atoms with Crippen LogP contribution in [0.2, 0.25) is 0 Å². The highest BCUT2D eigenvalue weighted by atomic mass is 32.2. The van der Waals surface area contributed by atoms with E-state index in [4.69, 9.17) is 0 Å². The molecule has 0 amide bonds. The molecule has 0 radical (unpaired) electrons. The molecule has 0 spiro atoms. The van der Waals surface area contributed by atoms with E-state index >= 15 is 0 Å². The predicted octanol–water partition coefficient (Wildman–Crippen LogP) is 1.73. The summed E-state index contributed by atoms with van der Waals surface area (Å²) >= 11 is 0. The van der Waals surface area contributed by atoms with Crippen LogP contribution in [0.3, 0.4) is 0 Å². The largest absolute Gasteiger partial charge is 0.480 e. The number of nitrogens with zero attached hydrogens (tertiary/aromatic N) is 1. The number of hydrogen-bond acceptors (Lipinski definition) is 3. The molecule has 118 valence electrons. The highest BCUT2D eigenvalue weighted by Gasteiger charge is 2.45. The highest BCUT2D eigenvalue weighted by Crippen LogP contribution is 2.35. The average Bonchev–Trinajstić information content (AvgIpc) is 2.86. The van der Waals surface area contributed by atoms with E-state index in [0.717, 1.165) is 19.3 Å². The van der Waals surface area contributed by atoms with Gasteiger partial charge in [0.2, 0.25) is 10.0 Å². The van der Waals surface area contributed by atoms with Gasteiger partial charge in [0.25, 0.3) is 0 Å². The first kappa shape index (κ1) is 16.0. The van der Waals surface area contributed by atoms with Gasteiger partial charge in [0.05, 0.1) is 4.90 Å². The van der Waals surface area contributed by atoms with Crippen LogP contribution in [0.15, 0.2) is 23.4 Å². The molecule has 1 heterocycles. The minimum absolute atomic E-state index is 0.100. The molecule has 1 saturated carbocycles. The van der Waals surface area contributed by atoms with Crippen molar-refractivity contribution in [2.75, 3.05) is 0 Å². The quantitative estimate of drug-likeness (QED) is 0.866. The van der Waals surface area contributed by atoms with Crippen LogP contribution in [0, 0.1) is 5.92 Å². The lowest BCUT2D eigenvalue weighted by atomic mass is 9.76. The Hall–Kier alpha value is -1.34. The lowest BCUT2D eigenvalue weighted by molar-refractivity contribution is -0.145. The van der Waals surface area contributed by atoms with E-state index in [0.29, 0.717) is 18.8 Å². The zero-order chi connectivity index (χ0) is 15.7. The van der Waals surface area contributed by atoms with Crippen molar-refractivity contribution in [2.45, 2.75) is 49.5 Å². The molecule has 2 N–H and O–H groups in total. The summed E-state index contributed by atoms with van der Waals surface area (Å²) in [5, 5.41) is 9.53. The van der Waals surface area contributed by atoms with Gasteiger partial charge in [-0.25, -0.2) is 8.42 Å². The predicted molar refractivity (Wildman–Crippen MR) is 78.4 cm³/mol. The molecular weight excluding hydrogens is 292 g/mol. The van der Waals surface area contributed by atoms with E-state index in [2.05, 4.69) is 11.6 Å². The Morgan fingerprint density at radius 2 is 2.10 bits per heavy atom. The molecule has 0 saturated heterocycles. The molecule has 6 nitrogen and oxygen atoms in total. The summed E-state index contributed by atoms with van der Waals surface area (Å²) in [4.78, 5) is 11.8. The molecule has 1 aliphatic rings. The molecule has 0 aliphatic heterocycles. The number of carboxylic acid groups (broad SMARTS) is 1. The van der Waals surface area contributed by atoms with Gasteiger partial charge < -0.3 is 9.67 Å². The molecule has 1 aromatic rings. The Bertz CT molecular complexity index is 613. The van der Waals surface area contributed by atoms with E-state index in [-0.39, 0.29) is 4.90 Å². The van der Waals surface area contributed by atoms with Gasteiger partial charge >= 0.3 is 5.97 Å². The minimum atomic E-state index is -3.82. The molecule has 0 aromatic carbocycles. The lowest BCUT2D eigenvalue weighted by Gasteiger charge is -2.36. The molecule has 0 unspecified atom stereocenters. The summed E-state index contributed by atoms with van der Waals surface area (Å²) in [6, 6.07) is 1.47. The van der Waals surface area contributed by atoms with Crippen LogP contribution in [0.25, 0.3) is 0 Å². The number of carboxylic acids is 1. The molecule has 1 fully saturated rings. The van der Waals surface area contributed by atoms with Gasteiger partial charge in [-0.1, -0.05) is 13.3 Å². The van der Waals surface area contributed by atoms with Crippen LogP contribution in [-0.4, -0.2) is 29.6 Å². The average molecular weight is 314 g/mol. The third-order valence-corrected chi connectivity index (χ3v) is 5.91. The van der Waals surface area contributed by atoms with Crippen molar-refractivity contribution in [3.63, 3.8) is 0 Å². The van der Waals surface area contributed by atoms with Gasteiger partial charge in [-0.3, -0.25) is 4.79 Å². The topological polar surface area (TPSA) is 88.4 Å². The van der Waals surface area contributed by atoms with Gasteiger partial charge in [0, 0.05) is 19.4 Å². The smallest absolute Gasteiger partial charge is 0.324 e. The number of rotatable bonds is 5. The van der Waals surface area contributed by atoms with Crippen LogP contribution in [0.5, 0.6) is 0 Å². The van der Waals surface area contributed by atoms with Crippen molar-refractivity contribution < 1.29 is 18.3 Å². The Balaban J connectivity index is 2.23. The second-order valence-corrected chi connectivity index (χ2v) is 7.54.